The van der Waals surface area contributed by atoms with Crippen molar-refractivity contribution in [2.75, 3.05) is 7.11 Å². The highest BCUT2D eigenvalue weighted by atomic mass is 79.9. The summed E-state index contributed by atoms with van der Waals surface area (Å²) < 4.78 is 32.3. The van der Waals surface area contributed by atoms with Gasteiger partial charge in [-0.25, -0.2) is 8.42 Å². The lowest BCUT2D eigenvalue weighted by atomic mass is 10.1. The largest absolute Gasteiger partial charge is 0.497 e. The number of aliphatic carboxylic acids is 1. The summed E-state index contributed by atoms with van der Waals surface area (Å²) in [4.78, 5) is 11.1. The Kier molecular flexibility index (Phi) is 6.63. The second kappa shape index (κ2) is 7.77. The SMILES string of the molecule is CCCCC(NS(=O)(=O)c1cc(Br)cc(OC)c1)C(=O)O. The standard InChI is InChI=1S/C13H18BrNO5S/c1-3-4-5-12(13(16)17)15-21(18,19)11-7-9(14)6-10(8-11)20-2/h6-8,12,15H,3-5H2,1-2H3,(H,16,17). The van der Waals surface area contributed by atoms with E-state index in [1.165, 1.54) is 19.2 Å². The number of methoxy groups -OCH3 is 1. The normalized spacial score (nSPS) is 12.9. The molecule has 0 saturated carbocycles. The van der Waals surface area contributed by atoms with E-state index in [1.807, 2.05) is 6.92 Å². The Morgan fingerprint density at radius 2 is 2.10 bits per heavy atom. The maximum absolute atomic E-state index is 12.3. The van der Waals surface area contributed by atoms with Crippen LogP contribution in [0.15, 0.2) is 27.6 Å². The molecule has 0 saturated heterocycles. The number of halogens is 1. The first kappa shape index (κ1) is 17.9. The molecule has 0 radical (unpaired) electrons. The summed E-state index contributed by atoms with van der Waals surface area (Å²) >= 11 is 3.19. The van der Waals surface area contributed by atoms with Gasteiger partial charge in [0.05, 0.1) is 12.0 Å². The highest BCUT2D eigenvalue weighted by Gasteiger charge is 2.25. The van der Waals surface area contributed by atoms with Crippen LogP contribution in [-0.4, -0.2) is 32.6 Å². The summed E-state index contributed by atoms with van der Waals surface area (Å²) in [5, 5.41) is 9.10. The molecule has 21 heavy (non-hydrogen) atoms. The van der Waals surface area contributed by atoms with E-state index in [1.54, 1.807) is 6.07 Å². The lowest BCUT2D eigenvalue weighted by molar-refractivity contribution is -0.139. The van der Waals surface area contributed by atoms with Crippen LogP contribution in [0.3, 0.4) is 0 Å². The first-order valence-electron chi connectivity index (χ1n) is 6.40. The van der Waals surface area contributed by atoms with Gasteiger partial charge in [-0.15, -0.1) is 0 Å². The number of unbranched alkanes of at least 4 members (excludes halogenated alkanes) is 1. The smallest absolute Gasteiger partial charge is 0.321 e. The molecular formula is C13H18BrNO5S. The number of carbonyl (C=O) groups is 1. The average molecular weight is 380 g/mol. The summed E-state index contributed by atoms with van der Waals surface area (Å²) in [6.07, 6.45) is 1.66. The Bertz CT molecular complexity index is 603. The van der Waals surface area contributed by atoms with Crippen molar-refractivity contribution in [2.45, 2.75) is 37.1 Å². The van der Waals surface area contributed by atoms with Crippen molar-refractivity contribution in [2.24, 2.45) is 0 Å². The second-order valence-electron chi connectivity index (χ2n) is 4.48. The van der Waals surface area contributed by atoms with Gasteiger partial charge in [-0.05, 0) is 18.6 Å². The number of nitrogens with one attached hydrogen (secondary N) is 1. The third-order valence-electron chi connectivity index (χ3n) is 2.83. The third kappa shape index (κ3) is 5.29. The highest BCUT2D eigenvalue weighted by Crippen LogP contribution is 2.24. The second-order valence-corrected chi connectivity index (χ2v) is 7.11. The Hall–Kier alpha value is -1.12. The minimum atomic E-state index is -3.93. The molecule has 0 amide bonds. The minimum Gasteiger partial charge on any atom is -0.497 e. The van der Waals surface area contributed by atoms with E-state index in [2.05, 4.69) is 20.7 Å². The van der Waals surface area contributed by atoms with E-state index < -0.39 is 22.0 Å². The number of rotatable bonds is 8. The van der Waals surface area contributed by atoms with Crippen LogP contribution in [0.4, 0.5) is 0 Å². The van der Waals surface area contributed by atoms with Gasteiger partial charge in [-0.1, -0.05) is 35.7 Å². The van der Waals surface area contributed by atoms with E-state index in [0.29, 0.717) is 16.6 Å². The zero-order valence-electron chi connectivity index (χ0n) is 11.8. The summed E-state index contributed by atoms with van der Waals surface area (Å²) in [7, 11) is -2.51. The fourth-order valence-electron chi connectivity index (χ4n) is 1.71. The van der Waals surface area contributed by atoms with Gasteiger partial charge in [-0.2, -0.15) is 4.72 Å². The van der Waals surface area contributed by atoms with Crippen LogP contribution in [0.25, 0.3) is 0 Å². The molecule has 0 aliphatic rings. The Morgan fingerprint density at radius 1 is 1.43 bits per heavy atom. The summed E-state index contributed by atoms with van der Waals surface area (Å²) in [5.41, 5.74) is 0. The van der Waals surface area contributed by atoms with Gasteiger partial charge in [0.2, 0.25) is 10.0 Å². The Morgan fingerprint density at radius 3 is 2.62 bits per heavy atom. The molecular weight excluding hydrogens is 362 g/mol. The number of carboxylic acids is 1. The fourth-order valence-corrected chi connectivity index (χ4v) is 3.61. The lowest BCUT2D eigenvalue weighted by Gasteiger charge is -2.15. The van der Waals surface area contributed by atoms with Crippen LogP contribution in [-0.2, 0) is 14.8 Å². The fraction of sp³-hybridized carbons (Fsp3) is 0.462. The zero-order valence-corrected chi connectivity index (χ0v) is 14.2. The summed E-state index contributed by atoms with van der Waals surface area (Å²) in [6, 6.07) is 3.21. The third-order valence-corrected chi connectivity index (χ3v) is 4.74. The van der Waals surface area contributed by atoms with Crippen LogP contribution < -0.4 is 9.46 Å². The topological polar surface area (TPSA) is 92.7 Å². The number of hydrogen-bond donors (Lipinski definition) is 2. The molecule has 0 spiro atoms. The van der Waals surface area contributed by atoms with Gasteiger partial charge >= 0.3 is 5.97 Å². The van der Waals surface area contributed by atoms with E-state index in [9.17, 15) is 13.2 Å². The van der Waals surface area contributed by atoms with Gasteiger partial charge in [0.25, 0.3) is 0 Å². The van der Waals surface area contributed by atoms with E-state index in [4.69, 9.17) is 9.84 Å². The van der Waals surface area contributed by atoms with E-state index in [-0.39, 0.29) is 11.3 Å². The molecule has 1 rings (SSSR count). The van der Waals surface area contributed by atoms with Crippen LogP contribution in [0.2, 0.25) is 0 Å². The van der Waals surface area contributed by atoms with Crippen molar-refractivity contribution in [1.29, 1.82) is 0 Å². The molecule has 0 aromatic heterocycles. The van der Waals surface area contributed by atoms with Crippen molar-refractivity contribution < 1.29 is 23.1 Å². The number of benzene rings is 1. The molecule has 118 valence electrons. The summed E-state index contributed by atoms with van der Waals surface area (Å²) in [6.45, 7) is 1.91. The quantitative estimate of drug-likeness (QED) is 0.723. The highest BCUT2D eigenvalue weighted by molar-refractivity contribution is 9.10. The molecule has 1 unspecified atom stereocenters. The Labute approximate surface area is 132 Å². The minimum absolute atomic E-state index is 0.0449. The molecule has 2 N–H and O–H groups in total. The predicted molar refractivity (Wildman–Crippen MR) is 82.0 cm³/mol. The number of ether oxygens (including phenoxy) is 1. The summed E-state index contributed by atoms with van der Waals surface area (Å²) in [5.74, 6) is -0.820. The molecule has 1 atom stereocenters. The van der Waals surface area contributed by atoms with Crippen LogP contribution >= 0.6 is 15.9 Å². The van der Waals surface area contributed by atoms with E-state index in [0.717, 1.165) is 6.42 Å². The molecule has 0 bridgehead atoms. The molecule has 6 nitrogen and oxygen atoms in total. The monoisotopic (exact) mass is 379 g/mol. The molecule has 1 aromatic rings. The molecule has 8 heteroatoms. The molecule has 0 aliphatic heterocycles. The number of hydrogen-bond acceptors (Lipinski definition) is 4. The number of carboxylic acid groups (broad SMARTS) is 1. The van der Waals surface area contributed by atoms with Crippen molar-refractivity contribution in [3.8, 4) is 5.75 Å². The lowest BCUT2D eigenvalue weighted by Crippen LogP contribution is -2.40. The van der Waals surface area contributed by atoms with Crippen LogP contribution in [0.1, 0.15) is 26.2 Å². The molecule has 0 heterocycles. The van der Waals surface area contributed by atoms with Crippen molar-refractivity contribution in [3.63, 3.8) is 0 Å². The van der Waals surface area contributed by atoms with Gasteiger partial charge in [0, 0.05) is 10.5 Å². The van der Waals surface area contributed by atoms with Gasteiger partial charge < -0.3 is 9.84 Å². The maximum atomic E-state index is 12.3. The van der Waals surface area contributed by atoms with Crippen molar-refractivity contribution >= 4 is 31.9 Å². The molecule has 1 aromatic carbocycles. The van der Waals surface area contributed by atoms with Gasteiger partial charge in [0.15, 0.2) is 0 Å². The zero-order chi connectivity index (χ0) is 16.0. The van der Waals surface area contributed by atoms with Crippen LogP contribution in [0.5, 0.6) is 5.75 Å². The first-order chi connectivity index (χ1) is 9.80. The number of sulfonamides is 1. The Balaban J connectivity index is 3.04. The molecule has 0 fully saturated rings. The average Bonchev–Trinajstić information content (AvgIpc) is 2.42. The van der Waals surface area contributed by atoms with Crippen LogP contribution in [0, 0.1) is 0 Å². The maximum Gasteiger partial charge on any atom is 0.321 e. The van der Waals surface area contributed by atoms with Gasteiger partial charge in [-0.3, -0.25) is 4.79 Å². The molecule has 0 aliphatic carbocycles. The van der Waals surface area contributed by atoms with E-state index >= 15 is 0 Å². The van der Waals surface area contributed by atoms with Crippen molar-refractivity contribution in [3.05, 3.63) is 22.7 Å². The first-order valence-corrected chi connectivity index (χ1v) is 8.67. The van der Waals surface area contributed by atoms with Gasteiger partial charge in [0.1, 0.15) is 11.8 Å². The predicted octanol–water partition coefficient (Wildman–Crippen LogP) is 2.38. The van der Waals surface area contributed by atoms with Crippen molar-refractivity contribution in [1.82, 2.24) is 4.72 Å².